The number of aliphatic hydroxyl groups is 1. The van der Waals surface area contributed by atoms with Crippen molar-refractivity contribution in [3.05, 3.63) is 71.8 Å². The summed E-state index contributed by atoms with van der Waals surface area (Å²) in [4.78, 5) is 58.8. The van der Waals surface area contributed by atoms with Gasteiger partial charge in [-0.1, -0.05) is 60.7 Å². The van der Waals surface area contributed by atoms with Gasteiger partial charge in [0.25, 0.3) is 0 Å². The number of rotatable bonds is 11. The minimum atomic E-state index is -1.37. The summed E-state index contributed by atoms with van der Waals surface area (Å²) >= 11 is 0. The molecule has 0 spiro atoms. The highest BCUT2D eigenvalue weighted by atomic mass is 16.6. The number of amides is 4. The molecule has 40 heavy (non-hydrogen) atoms. The maximum absolute atomic E-state index is 13.8. The normalized spacial score (nSPS) is 17.6. The molecular weight excluding hydrogens is 516 g/mol. The Labute approximate surface area is 234 Å². The number of nitrogens with zero attached hydrogens (tertiary/aromatic N) is 1. The number of alkyl carbamates (subject to hydrolysis) is 1. The van der Waals surface area contributed by atoms with Gasteiger partial charge in [-0.15, -0.1) is 0 Å². The lowest BCUT2D eigenvalue weighted by Gasteiger charge is -2.32. The number of likely N-dealkylation sites (tertiary alicyclic amines) is 1. The molecule has 3 rings (SSSR count). The summed E-state index contributed by atoms with van der Waals surface area (Å²) in [5.41, 5.74) is 3.17. The lowest BCUT2D eigenvalue weighted by molar-refractivity contribution is -0.145. The highest BCUT2D eigenvalue weighted by Gasteiger charge is 2.43. The average Bonchev–Trinajstić information content (AvgIpc) is 3.35. The van der Waals surface area contributed by atoms with E-state index in [-0.39, 0.29) is 25.7 Å². The summed E-state index contributed by atoms with van der Waals surface area (Å²) in [6, 6.07) is 15.6. The quantitative estimate of drug-likeness (QED) is 0.312. The molecule has 1 heterocycles. The van der Waals surface area contributed by atoms with Crippen LogP contribution in [0.3, 0.4) is 0 Å². The second-order valence-electron chi connectivity index (χ2n) is 10.6. The highest BCUT2D eigenvalue weighted by Crippen LogP contribution is 2.26. The number of ether oxygens (including phenoxy) is 1. The van der Waals surface area contributed by atoms with Gasteiger partial charge >= 0.3 is 6.09 Å². The van der Waals surface area contributed by atoms with Crippen LogP contribution in [0.2, 0.25) is 0 Å². The Morgan fingerprint density at radius 2 is 1.60 bits per heavy atom. The van der Waals surface area contributed by atoms with Crippen molar-refractivity contribution in [2.75, 3.05) is 6.61 Å². The molecule has 0 bridgehead atoms. The third kappa shape index (κ3) is 9.35. The van der Waals surface area contributed by atoms with Gasteiger partial charge in [-0.25, -0.2) is 10.3 Å². The van der Waals surface area contributed by atoms with E-state index in [0.717, 1.165) is 11.1 Å². The summed E-state index contributed by atoms with van der Waals surface area (Å²) in [5.74, 6) is -1.73. The van der Waals surface area contributed by atoms with Crippen molar-refractivity contribution in [2.45, 2.75) is 76.9 Å². The predicted octanol–water partition coefficient (Wildman–Crippen LogP) is 2.19. The molecule has 4 N–H and O–H groups in total. The van der Waals surface area contributed by atoms with Crippen molar-refractivity contribution in [1.82, 2.24) is 21.0 Å². The Balaban J connectivity index is 1.71. The zero-order valence-electron chi connectivity index (χ0n) is 23.1. The Bertz CT molecular complexity index is 1140. The molecule has 0 aromatic heterocycles. The Morgan fingerprint density at radius 3 is 2.20 bits per heavy atom. The minimum Gasteiger partial charge on any atom is -0.444 e. The van der Waals surface area contributed by atoms with E-state index < -0.39 is 48.1 Å². The molecule has 0 unspecified atom stereocenters. The average molecular weight is 555 g/mol. The fourth-order valence-electron chi connectivity index (χ4n) is 4.39. The summed E-state index contributed by atoms with van der Waals surface area (Å²) in [6.07, 6.45) is -0.658. The van der Waals surface area contributed by atoms with Gasteiger partial charge in [0.1, 0.15) is 17.7 Å². The van der Waals surface area contributed by atoms with E-state index in [1.165, 1.54) is 4.90 Å². The van der Waals surface area contributed by atoms with Crippen LogP contribution in [0.15, 0.2) is 60.7 Å². The zero-order valence-corrected chi connectivity index (χ0v) is 23.1. The Kier molecular flexibility index (Phi) is 11.0. The highest BCUT2D eigenvalue weighted by molar-refractivity contribution is 5.94. The van der Waals surface area contributed by atoms with Gasteiger partial charge in [-0.2, -0.15) is 0 Å². The van der Waals surface area contributed by atoms with Crippen LogP contribution >= 0.6 is 0 Å². The molecule has 2 aromatic carbocycles. The molecule has 1 fully saturated rings. The van der Waals surface area contributed by atoms with Gasteiger partial charge in [-0.3, -0.25) is 19.2 Å². The van der Waals surface area contributed by atoms with Crippen LogP contribution in [0, 0.1) is 0 Å². The third-order valence-corrected chi connectivity index (χ3v) is 6.23. The minimum absolute atomic E-state index is 0.104. The van der Waals surface area contributed by atoms with Gasteiger partial charge < -0.3 is 25.4 Å². The molecule has 3 atom stereocenters. The van der Waals surface area contributed by atoms with Crippen molar-refractivity contribution >= 4 is 23.8 Å². The maximum Gasteiger partial charge on any atom is 0.408 e. The summed E-state index contributed by atoms with van der Waals surface area (Å²) in [6.45, 7) is 5.00. The molecular formula is C29H38N4O7. The molecule has 0 saturated carbocycles. The van der Waals surface area contributed by atoms with Crippen LogP contribution in [-0.2, 0) is 37.1 Å². The molecule has 4 amide bonds. The van der Waals surface area contributed by atoms with E-state index in [0.29, 0.717) is 12.8 Å². The van der Waals surface area contributed by atoms with Crippen LogP contribution in [0.1, 0.15) is 51.2 Å². The number of hydroxylamine groups is 1. The van der Waals surface area contributed by atoms with Gasteiger partial charge in [0.2, 0.25) is 17.7 Å². The fraction of sp³-hybridized carbons (Fsp3) is 0.448. The monoisotopic (exact) mass is 554 g/mol. The Hall–Kier alpha value is -3.96. The van der Waals surface area contributed by atoms with E-state index in [4.69, 9.17) is 9.57 Å². The molecule has 216 valence electrons. The first-order valence-corrected chi connectivity index (χ1v) is 13.3. The number of nitrogens with one attached hydrogen (secondary N) is 3. The maximum atomic E-state index is 13.8. The second kappa shape index (κ2) is 14.4. The smallest absolute Gasteiger partial charge is 0.408 e. The number of aliphatic hydroxyl groups excluding tert-OH is 1. The van der Waals surface area contributed by atoms with Crippen molar-refractivity contribution < 1.29 is 33.9 Å². The Morgan fingerprint density at radius 1 is 0.975 bits per heavy atom. The summed E-state index contributed by atoms with van der Waals surface area (Å²) in [7, 11) is 0. The topological polar surface area (TPSA) is 146 Å². The van der Waals surface area contributed by atoms with Crippen LogP contribution in [0.5, 0.6) is 0 Å². The van der Waals surface area contributed by atoms with Crippen molar-refractivity contribution in [2.24, 2.45) is 0 Å². The standard InChI is InChI=1S/C29H38N4O7/c1-29(2,3)40-28(38)31-23(16-25(35)32-39-19-21-12-8-5-9-13-21)27(37)33-22(18-34)14-15-24(33)26(36)30-17-20-10-6-4-7-11-20/h4-13,22-24,34H,14-19H2,1-3H3,(H,30,36)(H,31,38)(H,32,35)/t22-,23+,24-/m1/s1. The van der Waals surface area contributed by atoms with Crippen LogP contribution in [-0.4, -0.2) is 64.2 Å². The number of hydrogen-bond acceptors (Lipinski definition) is 7. The summed E-state index contributed by atoms with van der Waals surface area (Å²) < 4.78 is 5.30. The number of carbonyl (C=O) groups excluding carboxylic acids is 4. The van der Waals surface area contributed by atoms with E-state index in [1.54, 1.807) is 20.8 Å². The molecule has 0 radical (unpaired) electrons. The van der Waals surface area contributed by atoms with E-state index in [2.05, 4.69) is 16.1 Å². The first-order chi connectivity index (χ1) is 19.1. The van der Waals surface area contributed by atoms with E-state index in [9.17, 15) is 24.3 Å². The lowest BCUT2D eigenvalue weighted by atomic mass is 10.1. The molecule has 11 heteroatoms. The molecule has 11 nitrogen and oxygen atoms in total. The van der Waals surface area contributed by atoms with Gasteiger partial charge in [0.05, 0.1) is 25.7 Å². The van der Waals surface area contributed by atoms with Crippen LogP contribution in [0.4, 0.5) is 4.79 Å². The summed E-state index contributed by atoms with van der Waals surface area (Å²) in [5, 5.41) is 15.3. The van der Waals surface area contributed by atoms with Crippen LogP contribution < -0.4 is 16.1 Å². The number of hydrogen-bond donors (Lipinski definition) is 4. The lowest BCUT2D eigenvalue weighted by Crippen LogP contribution is -2.57. The zero-order chi connectivity index (χ0) is 29.1. The van der Waals surface area contributed by atoms with E-state index in [1.807, 2.05) is 60.7 Å². The number of benzene rings is 2. The fourth-order valence-corrected chi connectivity index (χ4v) is 4.39. The molecule has 1 saturated heterocycles. The molecule has 2 aromatic rings. The predicted molar refractivity (Wildman–Crippen MR) is 146 cm³/mol. The second-order valence-corrected chi connectivity index (χ2v) is 10.6. The van der Waals surface area contributed by atoms with Gasteiger partial charge in [-0.05, 0) is 44.7 Å². The molecule has 1 aliphatic heterocycles. The van der Waals surface area contributed by atoms with Crippen molar-refractivity contribution in [3.63, 3.8) is 0 Å². The number of carbonyl (C=O) groups is 4. The third-order valence-electron chi connectivity index (χ3n) is 6.23. The largest absolute Gasteiger partial charge is 0.444 e. The van der Waals surface area contributed by atoms with Gasteiger partial charge in [0, 0.05) is 6.54 Å². The SMILES string of the molecule is CC(C)(C)OC(=O)N[C@@H](CC(=O)NOCc1ccccc1)C(=O)N1[C@@H](CO)CC[C@@H]1C(=O)NCc1ccccc1. The van der Waals surface area contributed by atoms with Crippen LogP contribution in [0.25, 0.3) is 0 Å². The molecule has 1 aliphatic rings. The van der Waals surface area contributed by atoms with Crippen molar-refractivity contribution in [1.29, 1.82) is 0 Å². The molecule has 0 aliphatic carbocycles. The van der Waals surface area contributed by atoms with Crippen molar-refractivity contribution in [3.8, 4) is 0 Å². The van der Waals surface area contributed by atoms with Gasteiger partial charge in [0.15, 0.2) is 0 Å². The first-order valence-electron chi connectivity index (χ1n) is 13.3. The van der Waals surface area contributed by atoms with E-state index >= 15 is 0 Å². The first kappa shape index (κ1) is 30.6.